The van der Waals surface area contributed by atoms with Crippen molar-refractivity contribution >= 4 is 0 Å². The van der Waals surface area contributed by atoms with E-state index in [-0.39, 0.29) is 0 Å². The maximum atomic E-state index is 5.56. The Kier molecular flexibility index (Phi) is 2.87. The SMILES string of the molecule is CCC1(c2ccco2)CC1CNC(C)C. The molecule has 1 aliphatic carbocycles. The van der Waals surface area contributed by atoms with E-state index in [2.05, 4.69) is 32.2 Å². The zero-order valence-electron chi connectivity index (χ0n) is 9.92. The van der Waals surface area contributed by atoms with Gasteiger partial charge in [-0.05, 0) is 37.4 Å². The molecule has 0 radical (unpaired) electrons. The van der Waals surface area contributed by atoms with Gasteiger partial charge in [-0.3, -0.25) is 0 Å². The average Bonchev–Trinajstić information content (AvgIpc) is 2.67. The standard InChI is InChI=1S/C13H21NO/c1-4-13(12-6-5-7-15-12)8-11(13)9-14-10(2)3/h5-7,10-11,14H,4,8-9H2,1-3H3. The van der Waals surface area contributed by atoms with Gasteiger partial charge in [0.1, 0.15) is 5.76 Å². The molecule has 2 unspecified atom stereocenters. The van der Waals surface area contributed by atoms with E-state index in [4.69, 9.17) is 4.42 Å². The Bertz CT molecular complexity index is 304. The molecule has 84 valence electrons. The van der Waals surface area contributed by atoms with Crippen LogP contribution < -0.4 is 5.32 Å². The first kappa shape index (κ1) is 10.7. The van der Waals surface area contributed by atoms with Crippen LogP contribution in [0, 0.1) is 5.92 Å². The van der Waals surface area contributed by atoms with E-state index in [0.717, 1.165) is 12.5 Å². The number of nitrogens with one attached hydrogen (secondary N) is 1. The van der Waals surface area contributed by atoms with E-state index in [1.807, 2.05) is 6.07 Å². The van der Waals surface area contributed by atoms with Crippen molar-refractivity contribution in [3.05, 3.63) is 24.2 Å². The Morgan fingerprint density at radius 1 is 1.60 bits per heavy atom. The fraction of sp³-hybridized carbons (Fsp3) is 0.692. The summed E-state index contributed by atoms with van der Waals surface area (Å²) in [5.41, 5.74) is 0.339. The van der Waals surface area contributed by atoms with Gasteiger partial charge in [0.2, 0.25) is 0 Å². The third kappa shape index (κ3) is 1.96. The first-order valence-electron chi connectivity index (χ1n) is 5.96. The highest BCUT2D eigenvalue weighted by atomic mass is 16.3. The Morgan fingerprint density at radius 2 is 2.40 bits per heavy atom. The molecule has 1 fully saturated rings. The number of hydrogen-bond donors (Lipinski definition) is 1. The van der Waals surface area contributed by atoms with Gasteiger partial charge in [-0.2, -0.15) is 0 Å². The summed E-state index contributed by atoms with van der Waals surface area (Å²) in [6, 6.07) is 4.70. The lowest BCUT2D eigenvalue weighted by Gasteiger charge is -2.13. The molecule has 2 heteroatoms. The summed E-state index contributed by atoms with van der Waals surface area (Å²) in [5.74, 6) is 1.94. The van der Waals surface area contributed by atoms with Gasteiger partial charge >= 0.3 is 0 Å². The zero-order valence-corrected chi connectivity index (χ0v) is 9.92. The van der Waals surface area contributed by atoms with Crippen LogP contribution in [0.15, 0.2) is 22.8 Å². The third-order valence-corrected chi connectivity index (χ3v) is 3.65. The molecule has 0 amide bonds. The summed E-state index contributed by atoms with van der Waals surface area (Å²) >= 11 is 0. The summed E-state index contributed by atoms with van der Waals surface area (Å²) in [4.78, 5) is 0. The van der Waals surface area contributed by atoms with Crippen molar-refractivity contribution in [2.45, 2.75) is 45.1 Å². The van der Waals surface area contributed by atoms with Crippen molar-refractivity contribution in [2.75, 3.05) is 6.54 Å². The highest BCUT2D eigenvalue weighted by Gasteiger charge is 2.55. The maximum Gasteiger partial charge on any atom is 0.110 e. The van der Waals surface area contributed by atoms with E-state index >= 15 is 0 Å². The lowest BCUT2D eigenvalue weighted by atomic mass is 9.97. The summed E-state index contributed by atoms with van der Waals surface area (Å²) in [5, 5.41) is 3.52. The molecule has 2 atom stereocenters. The van der Waals surface area contributed by atoms with Crippen molar-refractivity contribution in [3.63, 3.8) is 0 Å². The smallest absolute Gasteiger partial charge is 0.110 e. The lowest BCUT2D eigenvalue weighted by Crippen LogP contribution is -2.27. The Hall–Kier alpha value is -0.760. The molecular formula is C13H21NO. The Labute approximate surface area is 92.1 Å². The van der Waals surface area contributed by atoms with Crippen LogP contribution in [-0.4, -0.2) is 12.6 Å². The van der Waals surface area contributed by atoms with Crippen molar-refractivity contribution in [3.8, 4) is 0 Å². The summed E-state index contributed by atoms with van der Waals surface area (Å²) in [6.45, 7) is 7.77. The van der Waals surface area contributed by atoms with Crippen LogP contribution in [0.1, 0.15) is 39.4 Å². The molecule has 2 rings (SSSR count). The molecule has 0 aromatic carbocycles. The largest absolute Gasteiger partial charge is 0.469 e. The van der Waals surface area contributed by atoms with Crippen LogP contribution in [0.2, 0.25) is 0 Å². The number of rotatable bonds is 5. The molecule has 1 heterocycles. The summed E-state index contributed by atoms with van der Waals surface area (Å²) < 4.78 is 5.56. The second-order valence-electron chi connectivity index (χ2n) is 4.95. The van der Waals surface area contributed by atoms with Crippen LogP contribution in [0.5, 0.6) is 0 Å². The second kappa shape index (κ2) is 4.01. The molecule has 0 saturated heterocycles. The molecule has 1 aromatic rings. The Balaban J connectivity index is 1.97. The molecule has 15 heavy (non-hydrogen) atoms. The Morgan fingerprint density at radius 3 is 2.93 bits per heavy atom. The van der Waals surface area contributed by atoms with Gasteiger partial charge in [0, 0.05) is 11.5 Å². The normalized spacial score (nSPS) is 29.7. The van der Waals surface area contributed by atoms with E-state index in [1.165, 1.54) is 18.6 Å². The fourth-order valence-corrected chi connectivity index (χ4v) is 2.50. The van der Waals surface area contributed by atoms with Crippen molar-refractivity contribution in [1.29, 1.82) is 0 Å². The maximum absolute atomic E-state index is 5.56. The predicted molar refractivity (Wildman–Crippen MR) is 61.9 cm³/mol. The quantitative estimate of drug-likeness (QED) is 0.803. The van der Waals surface area contributed by atoms with Crippen molar-refractivity contribution in [2.24, 2.45) is 5.92 Å². The zero-order chi connectivity index (χ0) is 10.9. The molecule has 1 N–H and O–H groups in total. The molecule has 0 bridgehead atoms. The van der Waals surface area contributed by atoms with Gasteiger partial charge in [-0.1, -0.05) is 20.8 Å². The minimum absolute atomic E-state index is 0.339. The average molecular weight is 207 g/mol. The van der Waals surface area contributed by atoms with Crippen LogP contribution in [0.4, 0.5) is 0 Å². The lowest BCUT2D eigenvalue weighted by molar-refractivity contribution is 0.410. The number of furan rings is 1. The van der Waals surface area contributed by atoms with Crippen molar-refractivity contribution < 1.29 is 4.42 Å². The van der Waals surface area contributed by atoms with Crippen LogP contribution in [0.3, 0.4) is 0 Å². The predicted octanol–water partition coefficient (Wildman–Crippen LogP) is 2.95. The van der Waals surface area contributed by atoms with Gasteiger partial charge in [0.05, 0.1) is 6.26 Å². The van der Waals surface area contributed by atoms with Gasteiger partial charge in [-0.15, -0.1) is 0 Å². The molecule has 2 nitrogen and oxygen atoms in total. The summed E-state index contributed by atoms with van der Waals surface area (Å²) in [6.07, 6.45) is 4.25. The molecule has 1 saturated carbocycles. The first-order valence-corrected chi connectivity index (χ1v) is 5.96. The van der Waals surface area contributed by atoms with Gasteiger partial charge < -0.3 is 9.73 Å². The highest BCUT2D eigenvalue weighted by molar-refractivity contribution is 5.25. The van der Waals surface area contributed by atoms with Crippen LogP contribution >= 0.6 is 0 Å². The molecular weight excluding hydrogens is 186 g/mol. The van der Waals surface area contributed by atoms with E-state index in [9.17, 15) is 0 Å². The minimum Gasteiger partial charge on any atom is -0.469 e. The fourth-order valence-electron chi connectivity index (χ4n) is 2.50. The first-order chi connectivity index (χ1) is 7.19. The molecule has 1 aromatic heterocycles. The van der Waals surface area contributed by atoms with E-state index in [0.29, 0.717) is 11.5 Å². The molecule has 0 spiro atoms. The van der Waals surface area contributed by atoms with Gasteiger partial charge in [0.25, 0.3) is 0 Å². The topological polar surface area (TPSA) is 25.2 Å². The van der Waals surface area contributed by atoms with Gasteiger partial charge in [-0.25, -0.2) is 0 Å². The van der Waals surface area contributed by atoms with E-state index in [1.54, 1.807) is 6.26 Å². The minimum atomic E-state index is 0.339. The third-order valence-electron chi connectivity index (χ3n) is 3.65. The highest BCUT2D eigenvalue weighted by Crippen LogP contribution is 2.56. The van der Waals surface area contributed by atoms with E-state index < -0.39 is 0 Å². The van der Waals surface area contributed by atoms with Gasteiger partial charge in [0.15, 0.2) is 0 Å². The number of hydrogen-bond acceptors (Lipinski definition) is 2. The monoisotopic (exact) mass is 207 g/mol. The second-order valence-corrected chi connectivity index (χ2v) is 4.95. The van der Waals surface area contributed by atoms with Crippen LogP contribution in [0.25, 0.3) is 0 Å². The molecule has 0 aliphatic heterocycles. The summed E-state index contributed by atoms with van der Waals surface area (Å²) in [7, 11) is 0. The van der Waals surface area contributed by atoms with Crippen LogP contribution in [-0.2, 0) is 5.41 Å². The molecule has 1 aliphatic rings. The van der Waals surface area contributed by atoms with Crippen molar-refractivity contribution in [1.82, 2.24) is 5.32 Å².